The first kappa shape index (κ1) is 12.4. The molecular formula is C16H12FNO2. The topological polar surface area (TPSA) is 42.1 Å². The van der Waals surface area contributed by atoms with Gasteiger partial charge in [0.1, 0.15) is 5.82 Å². The molecular weight excluding hydrogens is 257 g/mol. The van der Waals surface area contributed by atoms with Gasteiger partial charge in [0.05, 0.1) is 23.9 Å². The highest BCUT2D eigenvalue weighted by Gasteiger charge is 2.21. The highest BCUT2D eigenvalue weighted by atomic mass is 19.1. The second-order valence-corrected chi connectivity index (χ2v) is 4.40. The summed E-state index contributed by atoms with van der Waals surface area (Å²) < 4.78 is 18.7. The SMILES string of the molecule is COC(=O)c1c(-c2ccccc2)[nH]c2c(F)cccc12. The highest BCUT2D eigenvalue weighted by molar-refractivity contribution is 6.10. The van der Waals surface area contributed by atoms with Crippen molar-refractivity contribution >= 4 is 16.9 Å². The molecule has 100 valence electrons. The number of carbonyl (C=O) groups excluding carboxylic acids is 1. The third kappa shape index (κ3) is 1.86. The van der Waals surface area contributed by atoms with Gasteiger partial charge in [-0.3, -0.25) is 0 Å². The van der Waals surface area contributed by atoms with E-state index in [4.69, 9.17) is 4.74 Å². The summed E-state index contributed by atoms with van der Waals surface area (Å²) in [5.41, 5.74) is 2.04. The lowest BCUT2D eigenvalue weighted by Crippen LogP contribution is -2.02. The fraction of sp³-hybridized carbons (Fsp3) is 0.0625. The monoisotopic (exact) mass is 269 g/mol. The van der Waals surface area contributed by atoms with E-state index in [9.17, 15) is 9.18 Å². The van der Waals surface area contributed by atoms with Crippen molar-refractivity contribution in [3.8, 4) is 11.3 Å². The fourth-order valence-corrected chi connectivity index (χ4v) is 2.32. The third-order valence-electron chi connectivity index (χ3n) is 3.23. The molecule has 1 heterocycles. The number of benzene rings is 2. The molecule has 4 heteroatoms. The van der Waals surface area contributed by atoms with Crippen LogP contribution in [0.3, 0.4) is 0 Å². The number of hydrogen-bond acceptors (Lipinski definition) is 2. The van der Waals surface area contributed by atoms with Gasteiger partial charge in [-0.15, -0.1) is 0 Å². The fourth-order valence-electron chi connectivity index (χ4n) is 2.32. The number of ether oxygens (including phenoxy) is 1. The standard InChI is InChI=1S/C16H12FNO2/c1-20-16(19)13-11-8-5-9-12(17)15(11)18-14(13)10-6-3-2-4-7-10/h2-9,18H,1H3. The Labute approximate surface area is 115 Å². The van der Waals surface area contributed by atoms with Crippen molar-refractivity contribution in [1.29, 1.82) is 0 Å². The van der Waals surface area contributed by atoms with Gasteiger partial charge in [-0.2, -0.15) is 0 Å². The van der Waals surface area contributed by atoms with Crippen LogP contribution < -0.4 is 0 Å². The summed E-state index contributed by atoms with van der Waals surface area (Å²) in [6.07, 6.45) is 0. The number of aromatic nitrogens is 1. The van der Waals surface area contributed by atoms with Gasteiger partial charge in [0.25, 0.3) is 0 Å². The number of H-pyrrole nitrogens is 1. The van der Waals surface area contributed by atoms with Gasteiger partial charge in [-0.1, -0.05) is 42.5 Å². The lowest BCUT2D eigenvalue weighted by atomic mass is 10.1. The van der Waals surface area contributed by atoms with E-state index in [0.717, 1.165) is 5.56 Å². The predicted molar refractivity (Wildman–Crippen MR) is 75.0 cm³/mol. The van der Waals surface area contributed by atoms with E-state index in [0.29, 0.717) is 22.2 Å². The number of fused-ring (bicyclic) bond motifs is 1. The largest absolute Gasteiger partial charge is 0.465 e. The molecule has 0 bridgehead atoms. The molecule has 0 aliphatic carbocycles. The van der Waals surface area contributed by atoms with Crippen molar-refractivity contribution in [3.05, 3.63) is 59.9 Å². The van der Waals surface area contributed by atoms with Gasteiger partial charge in [0.15, 0.2) is 0 Å². The zero-order chi connectivity index (χ0) is 14.1. The second kappa shape index (κ2) is 4.81. The number of methoxy groups -OCH3 is 1. The van der Waals surface area contributed by atoms with Gasteiger partial charge in [-0.05, 0) is 11.6 Å². The van der Waals surface area contributed by atoms with Gasteiger partial charge in [-0.25, -0.2) is 9.18 Å². The predicted octanol–water partition coefficient (Wildman–Crippen LogP) is 3.76. The maximum atomic E-state index is 13.9. The third-order valence-corrected chi connectivity index (χ3v) is 3.23. The number of hydrogen-bond donors (Lipinski definition) is 1. The van der Waals surface area contributed by atoms with Crippen molar-refractivity contribution < 1.29 is 13.9 Å². The van der Waals surface area contributed by atoms with E-state index < -0.39 is 11.8 Å². The van der Waals surface area contributed by atoms with Gasteiger partial charge in [0.2, 0.25) is 0 Å². The summed E-state index contributed by atoms with van der Waals surface area (Å²) in [5.74, 6) is -0.879. The molecule has 3 rings (SSSR count). The molecule has 2 aromatic carbocycles. The maximum absolute atomic E-state index is 13.9. The van der Waals surface area contributed by atoms with Crippen LogP contribution in [0.4, 0.5) is 4.39 Å². The van der Waals surface area contributed by atoms with Crippen LogP contribution in [-0.4, -0.2) is 18.1 Å². The maximum Gasteiger partial charge on any atom is 0.340 e. The average molecular weight is 269 g/mol. The molecule has 0 saturated carbocycles. The van der Waals surface area contributed by atoms with Gasteiger partial charge < -0.3 is 9.72 Å². The molecule has 1 aromatic heterocycles. The molecule has 0 aliphatic heterocycles. The van der Waals surface area contributed by atoms with E-state index in [1.165, 1.54) is 13.2 Å². The zero-order valence-corrected chi connectivity index (χ0v) is 10.8. The highest BCUT2D eigenvalue weighted by Crippen LogP contribution is 2.31. The number of para-hydroxylation sites is 1. The minimum Gasteiger partial charge on any atom is -0.465 e. The number of aromatic amines is 1. The molecule has 0 unspecified atom stereocenters. The molecule has 1 N–H and O–H groups in total. The van der Waals surface area contributed by atoms with Crippen LogP contribution in [0.2, 0.25) is 0 Å². The van der Waals surface area contributed by atoms with E-state index in [-0.39, 0.29) is 0 Å². The van der Waals surface area contributed by atoms with Crippen LogP contribution in [-0.2, 0) is 4.74 Å². The van der Waals surface area contributed by atoms with E-state index in [1.807, 2.05) is 30.3 Å². The van der Waals surface area contributed by atoms with Crippen LogP contribution >= 0.6 is 0 Å². The summed E-state index contributed by atoms with van der Waals surface area (Å²) in [7, 11) is 1.31. The Kier molecular flexibility index (Phi) is 2.99. The summed E-state index contributed by atoms with van der Waals surface area (Å²) in [5, 5.41) is 0.524. The average Bonchev–Trinajstić information content (AvgIpc) is 2.88. The second-order valence-electron chi connectivity index (χ2n) is 4.40. The van der Waals surface area contributed by atoms with Crippen LogP contribution in [0.15, 0.2) is 48.5 Å². The summed E-state index contributed by atoms with van der Waals surface area (Å²) in [6.45, 7) is 0. The van der Waals surface area contributed by atoms with Crippen LogP contribution in [0, 0.1) is 5.82 Å². The Morgan fingerprint density at radius 1 is 1.10 bits per heavy atom. The summed E-state index contributed by atoms with van der Waals surface area (Å²) in [4.78, 5) is 15.0. The van der Waals surface area contributed by atoms with Crippen molar-refractivity contribution in [2.75, 3.05) is 7.11 Å². The van der Waals surface area contributed by atoms with Crippen LogP contribution in [0.25, 0.3) is 22.2 Å². The minimum atomic E-state index is -0.485. The number of carbonyl (C=O) groups is 1. The zero-order valence-electron chi connectivity index (χ0n) is 10.8. The summed E-state index contributed by atoms with van der Waals surface area (Å²) >= 11 is 0. The quantitative estimate of drug-likeness (QED) is 0.720. The molecule has 20 heavy (non-hydrogen) atoms. The van der Waals surface area contributed by atoms with Crippen molar-refractivity contribution in [1.82, 2.24) is 4.98 Å². The Bertz CT molecular complexity index is 778. The van der Waals surface area contributed by atoms with Crippen molar-refractivity contribution in [3.63, 3.8) is 0 Å². The molecule has 0 saturated heterocycles. The van der Waals surface area contributed by atoms with Gasteiger partial charge >= 0.3 is 5.97 Å². The normalized spacial score (nSPS) is 10.7. The summed E-state index contributed by atoms with van der Waals surface area (Å²) in [6, 6.07) is 13.9. The van der Waals surface area contributed by atoms with E-state index in [2.05, 4.69) is 4.98 Å². The first-order valence-corrected chi connectivity index (χ1v) is 6.16. The molecule has 0 fully saturated rings. The Morgan fingerprint density at radius 2 is 1.85 bits per heavy atom. The smallest absolute Gasteiger partial charge is 0.340 e. The minimum absolute atomic E-state index is 0.312. The molecule has 0 amide bonds. The molecule has 0 atom stereocenters. The number of halogens is 1. The van der Waals surface area contributed by atoms with Crippen LogP contribution in [0.1, 0.15) is 10.4 Å². The lowest BCUT2D eigenvalue weighted by molar-refractivity contribution is 0.0604. The van der Waals surface area contributed by atoms with Crippen molar-refractivity contribution in [2.24, 2.45) is 0 Å². The molecule has 0 aliphatic rings. The first-order valence-electron chi connectivity index (χ1n) is 6.16. The Hall–Kier alpha value is -2.62. The molecule has 3 aromatic rings. The lowest BCUT2D eigenvalue weighted by Gasteiger charge is -2.03. The van der Waals surface area contributed by atoms with E-state index >= 15 is 0 Å². The molecule has 0 radical (unpaired) electrons. The Morgan fingerprint density at radius 3 is 2.55 bits per heavy atom. The number of nitrogens with one attached hydrogen (secondary N) is 1. The van der Waals surface area contributed by atoms with Crippen molar-refractivity contribution in [2.45, 2.75) is 0 Å². The van der Waals surface area contributed by atoms with E-state index in [1.54, 1.807) is 12.1 Å². The van der Waals surface area contributed by atoms with Gasteiger partial charge in [0, 0.05) is 5.39 Å². The number of rotatable bonds is 2. The first-order chi connectivity index (χ1) is 9.72. The van der Waals surface area contributed by atoms with Crippen LogP contribution in [0.5, 0.6) is 0 Å². The number of esters is 1. The molecule has 0 spiro atoms. The molecule has 3 nitrogen and oxygen atoms in total. The Balaban J connectivity index is 2.36.